The number of hydrogen-bond acceptors (Lipinski definition) is 3. The number of carboxylic acids is 1. The normalized spacial score (nSPS) is 13.9. The summed E-state index contributed by atoms with van der Waals surface area (Å²) in [6, 6.07) is 4.03. The number of aliphatic carboxylic acids is 1. The molecule has 0 aliphatic carbocycles. The Morgan fingerprint density at radius 1 is 1.48 bits per heavy atom. The van der Waals surface area contributed by atoms with Crippen molar-refractivity contribution in [1.29, 1.82) is 0 Å². The second-order valence-electron chi connectivity index (χ2n) is 4.65. The van der Waals surface area contributed by atoms with Crippen molar-refractivity contribution in [2.45, 2.75) is 25.9 Å². The molecule has 0 saturated carbocycles. The minimum absolute atomic E-state index is 0.0178. The van der Waals surface area contributed by atoms with Gasteiger partial charge >= 0.3 is 5.97 Å². The Labute approximate surface area is 122 Å². The number of benzene rings is 1. The van der Waals surface area contributed by atoms with Crippen LogP contribution in [0.4, 0.5) is 10.1 Å². The first-order valence-corrected chi connectivity index (χ1v) is 6.39. The first-order valence-electron chi connectivity index (χ1n) is 6.39. The molecule has 0 aromatic heterocycles. The highest BCUT2D eigenvalue weighted by atomic mass is 19.1. The van der Waals surface area contributed by atoms with Crippen LogP contribution in [0.15, 0.2) is 24.3 Å². The van der Waals surface area contributed by atoms with Crippen LogP contribution < -0.4 is 5.32 Å². The van der Waals surface area contributed by atoms with Gasteiger partial charge in [-0.1, -0.05) is 13.0 Å². The number of hydrogen-bond donors (Lipinski definition) is 2. The van der Waals surface area contributed by atoms with Crippen molar-refractivity contribution in [3.8, 4) is 0 Å². The third-order valence-electron chi connectivity index (χ3n) is 3.27. The van der Waals surface area contributed by atoms with Crippen molar-refractivity contribution >= 4 is 23.6 Å². The van der Waals surface area contributed by atoms with E-state index in [1.54, 1.807) is 13.8 Å². The van der Waals surface area contributed by atoms with Crippen LogP contribution in [0.1, 0.15) is 25.8 Å². The number of carbonyl (C=O) groups excluding carboxylic acids is 1. The molecule has 0 heterocycles. The number of anilines is 1. The zero-order valence-corrected chi connectivity index (χ0v) is 12.1. The number of carbonyl (C=O) groups is 2. The van der Waals surface area contributed by atoms with Crippen molar-refractivity contribution < 1.29 is 23.8 Å². The smallest absolute Gasteiger partial charge is 0.328 e. The standard InChI is InChI=1S/C15H18FNO4/c1-4-15(2,21-3)14(20)17-12-7-5-10(9-11(12)16)6-8-13(18)19/h5-9H,4H2,1-3H3,(H,17,20)(H,18,19)/b8-6+. The molecule has 6 heteroatoms. The van der Waals surface area contributed by atoms with Gasteiger partial charge in [0.25, 0.3) is 5.91 Å². The molecule has 1 aromatic carbocycles. The van der Waals surface area contributed by atoms with Gasteiger partial charge in [0.05, 0.1) is 5.69 Å². The van der Waals surface area contributed by atoms with E-state index in [0.717, 1.165) is 12.1 Å². The maximum Gasteiger partial charge on any atom is 0.328 e. The highest BCUT2D eigenvalue weighted by molar-refractivity contribution is 5.97. The molecule has 0 fully saturated rings. The molecule has 0 spiro atoms. The second-order valence-corrected chi connectivity index (χ2v) is 4.65. The zero-order chi connectivity index (χ0) is 16.0. The summed E-state index contributed by atoms with van der Waals surface area (Å²) in [6.07, 6.45) is 2.62. The summed E-state index contributed by atoms with van der Waals surface area (Å²) in [6.45, 7) is 3.41. The van der Waals surface area contributed by atoms with Gasteiger partial charge in [-0.05, 0) is 37.1 Å². The molecule has 1 atom stereocenters. The van der Waals surface area contributed by atoms with E-state index in [4.69, 9.17) is 9.84 Å². The van der Waals surface area contributed by atoms with E-state index in [2.05, 4.69) is 5.32 Å². The van der Waals surface area contributed by atoms with Gasteiger partial charge in [-0.2, -0.15) is 0 Å². The molecule has 5 nitrogen and oxygen atoms in total. The SMILES string of the molecule is CCC(C)(OC)C(=O)Nc1ccc(/C=C/C(=O)O)cc1F. The van der Waals surface area contributed by atoms with Crippen LogP contribution in [0, 0.1) is 5.82 Å². The van der Waals surface area contributed by atoms with Crippen molar-refractivity contribution in [3.05, 3.63) is 35.7 Å². The molecule has 0 saturated heterocycles. The lowest BCUT2D eigenvalue weighted by Gasteiger charge is -2.25. The van der Waals surface area contributed by atoms with Crippen LogP contribution in [0.3, 0.4) is 0 Å². The highest BCUT2D eigenvalue weighted by Gasteiger charge is 2.31. The van der Waals surface area contributed by atoms with E-state index in [-0.39, 0.29) is 5.69 Å². The summed E-state index contributed by atoms with van der Waals surface area (Å²) >= 11 is 0. The maximum absolute atomic E-state index is 13.9. The van der Waals surface area contributed by atoms with Crippen LogP contribution in [0.5, 0.6) is 0 Å². The second kappa shape index (κ2) is 6.99. The number of nitrogens with one attached hydrogen (secondary N) is 1. The van der Waals surface area contributed by atoms with E-state index in [1.807, 2.05) is 0 Å². The molecule has 1 unspecified atom stereocenters. The summed E-state index contributed by atoms with van der Waals surface area (Å²) in [5.74, 6) is -2.21. The van der Waals surface area contributed by atoms with Gasteiger partial charge in [0, 0.05) is 13.2 Å². The third kappa shape index (κ3) is 4.39. The van der Waals surface area contributed by atoms with Crippen molar-refractivity contribution in [2.24, 2.45) is 0 Å². The molecule has 2 N–H and O–H groups in total. The van der Waals surface area contributed by atoms with Gasteiger partial charge in [0.1, 0.15) is 11.4 Å². The molecule has 21 heavy (non-hydrogen) atoms. The van der Waals surface area contributed by atoms with Gasteiger partial charge < -0.3 is 15.2 Å². The van der Waals surface area contributed by atoms with Crippen LogP contribution in [-0.4, -0.2) is 29.7 Å². The Hall–Kier alpha value is -2.21. The lowest BCUT2D eigenvalue weighted by Crippen LogP contribution is -2.41. The third-order valence-corrected chi connectivity index (χ3v) is 3.27. The molecular formula is C15H18FNO4. The molecule has 1 rings (SSSR count). The van der Waals surface area contributed by atoms with Crippen molar-refractivity contribution in [3.63, 3.8) is 0 Å². The first-order chi connectivity index (χ1) is 9.82. The summed E-state index contributed by atoms with van der Waals surface area (Å²) < 4.78 is 19.0. The molecule has 114 valence electrons. The molecule has 0 aliphatic rings. The number of methoxy groups -OCH3 is 1. The Morgan fingerprint density at radius 3 is 2.62 bits per heavy atom. The van der Waals surface area contributed by atoms with Crippen LogP contribution in [-0.2, 0) is 14.3 Å². The zero-order valence-electron chi connectivity index (χ0n) is 12.1. The summed E-state index contributed by atoms with van der Waals surface area (Å²) in [4.78, 5) is 22.4. The topological polar surface area (TPSA) is 75.6 Å². The Bertz CT molecular complexity index is 565. The summed E-state index contributed by atoms with van der Waals surface area (Å²) in [5, 5.41) is 11.0. The van der Waals surface area contributed by atoms with Gasteiger partial charge in [0.2, 0.25) is 0 Å². The lowest BCUT2D eigenvalue weighted by molar-refractivity contribution is -0.136. The monoisotopic (exact) mass is 295 g/mol. The molecule has 0 radical (unpaired) electrons. The van der Waals surface area contributed by atoms with Gasteiger partial charge in [-0.15, -0.1) is 0 Å². The molecule has 1 amide bonds. The Balaban J connectivity index is 2.91. The molecule has 0 bridgehead atoms. The number of carboxylic acid groups (broad SMARTS) is 1. The van der Waals surface area contributed by atoms with Gasteiger partial charge in [-0.25, -0.2) is 9.18 Å². The van der Waals surface area contributed by atoms with Crippen LogP contribution >= 0.6 is 0 Å². The number of rotatable bonds is 6. The van der Waals surface area contributed by atoms with Gasteiger partial charge in [-0.3, -0.25) is 4.79 Å². The van der Waals surface area contributed by atoms with E-state index in [0.29, 0.717) is 12.0 Å². The van der Waals surface area contributed by atoms with E-state index < -0.39 is 23.3 Å². The number of ether oxygens (including phenoxy) is 1. The summed E-state index contributed by atoms with van der Waals surface area (Å²) in [7, 11) is 1.42. The fourth-order valence-corrected chi connectivity index (χ4v) is 1.56. The predicted molar refractivity (Wildman–Crippen MR) is 77.4 cm³/mol. The number of amides is 1. The quantitative estimate of drug-likeness (QED) is 0.791. The summed E-state index contributed by atoms with van der Waals surface area (Å²) in [5.41, 5.74) is -0.629. The predicted octanol–water partition coefficient (Wildman–Crippen LogP) is 2.68. The van der Waals surface area contributed by atoms with E-state index >= 15 is 0 Å². The van der Waals surface area contributed by atoms with E-state index in [1.165, 1.54) is 25.3 Å². The lowest BCUT2D eigenvalue weighted by atomic mass is 10.0. The molecule has 0 aliphatic heterocycles. The highest BCUT2D eigenvalue weighted by Crippen LogP contribution is 2.21. The first kappa shape index (κ1) is 16.8. The molecule has 1 aromatic rings. The van der Waals surface area contributed by atoms with Crippen LogP contribution in [0.25, 0.3) is 6.08 Å². The van der Waals surface area contributed by atoms with Crippen molar-refractivity contribution in [1.82, 2.24) is 0 Å². The maximum atomic E-state index is 13.9. The fraction of sp³-hybridized carbons (Fsp3) is 0.333. The largest absolute Gasteiger partial charge is 0.478 e. The van der Waals surface area contributed by atoms with Gasteiger partial charge in [0.15, 0.2) is 0 Å². The molecular weight excluding hydrogens is 277 g/mol. The Kier molecular flexibility index (Phi) is 5.60. The minimum atomic E-state index is -1.12. The average molecular weight is 295 g/mol. The fourth-order valence-electron chi connectivity index (χ4n) is 1.56. The van der Waals surface area contributed by atoms with Crippen LogP contribution in [0.2, 0.25) is 0 Å². The van der Waals surface area contributed by atoms with Crippen molar-refractivity contribution in [2.75, 3.05) is 12.4 Å². The Morgan fingerprint density at radius 2 is 2.14 bits per heavy atom. The minimum Gasteiger partial charge on any atom is -0.478 e. The van der Waals surface area contributed by atoms with E-state index in [9.17, 15) is 14.0 Å². The average Bonchev–Trinajstić information content (AvgIpc) is 2.46. The number of halogens is 1.